The maximum Gasteiger partial charge on any atom is 0.248 e. The largest absolute Gasteiger partial charge is 0.493 e. The lowest BCUT2D eigenvalue weighted by molar-refractivity contribution is -0.111. The number of allylic oxidation sites excluding steroid dienone is 1. The Kier molecular flexibility index (Phi) is 5.07. The van der Waals surface area contributed by atoms with Crippen molar-refractivity contribution in [2.45, 2.75) is 13.8 Å². The summed E-state index contributed by atoms with van der Waals surface area (Å²) in [6.07, 6.45) is 3.15. The molecular formula is C13H17NO3. The van der Waals surface area contributed by atoms with E-state index < -0.39 is 0 Å². The third-order valence-electron chi connectivity index (χ3n) is 2.05. The molecule has 0 aromatic heterocycles. The van der Waals surface area contributed by atoms with Gasteiger partial charge >= 0.3 is 0 Å². The molecule has 1 aromatic rings. The minimum absolute atomic E-state index is 0.167. The minimum Gasteiger partial charge on any atom is -0.493 e. The molecule has 0 aliphatic heterocycles. The molecule has 0 bridgehead atoms. The molecule has 0 atom stereocenters. The molecule has 4 heteroatoms. The molecule has 92 valence electrons. The summed E-state index contributed by atoms with van der Waals surface area (Å²) >= 11 is 0. The fourth-order valence-corrected chi connectivity index (χ4v) is 1.36. The highest BCUT2D eigenvalue weighted by molar-refractivity contribution is 5.99. The highest BCUT2D eigenvalue weighted by Crippen LogP contribution is 2.30. The molecule has 0 saturated carbocycles. The van der Waals surface area contributed by atoms with Gasteiger partial charge in [0.25, 0.3) is 0 Å². The first-order valence-electron chi connectivity index (χ1n) is 5.45. The number of carbonyl (C=O) groups is 1. The van der Waals surface area contributed by atoms with Crippen LogP contribution in [0.5, 0.6) is 11.5 Å². The van der Waals surface area contributed by atoms with Crippen molar-refractivity contribution in [1.82, 2.24) is 0 Å². The van der Waals surface area contributed by atoms with Gasteiger partial charge in [0.1, 0.15) is 0 Å². The van der Waals surface area contributed by atoms with Gasteiger partial charge in [-0.15, -0.1) is 0 Å². The van der Waals surface area contributed by atoms with Crippen molar-refractivity contribution in [3.05, 3.63) is 30.4 Å². The van der Waals surface area contributed by atoms with Gasteiger partial charge in [-0.3, -0.25) is 4.79 Å². The standard InChI is InChI=1S/C13H17NO3/c1-4-6-13(15)14-10-7-8-11(16-3)12(9-10)17-5-2/h4,6-9H,5H2,1-3H3,(H,14,15). The number of hydrogen-bond donors (Lipinski definition) is 1. The number of nitrogens with one attached hydrogen (secondary N) is 1. The Hall–Kier alpha value is -1.97. The van der Waals surface area contributed by atoms with Crippen LogP contribution < -0.4 is 14.8 Å². The lowest BCUT2D eigenvalue weighted by Gasteiger charge is -2.11. The second-order valence-corrected chi connectivity index (χ2v) is 3.29. The maximum atomic E-state index is 11.4. The zero-order chi connectivity index (χ0) is 12.7. The number of ether oxygens (including phenoxy) is 2. The average molecular weight is 235 g/mol. The van der Waals surface area contributed by atoms with Gasteiger partial charge in [-0.2, -0.15) is 0 Å². The van der Waals surface area contributed by atoms with Crippen LogP contribution in [0, 0.1) is 0 Å². The Morgan fingerprint density at radius 3 is 2.76 bits per heavy atom. The van der Waals surface area contributed by atoms with Crippen LogP contribution in [0.1, 0.15) is 13.8 Å². The Labute approximate surface area is 101 Å². The van der Waals surface area contributed by atoms with Crippen molar-refractivity contribution in [3.63, 3.8) is 0 Å². The first-order chi connectivity index (χ1) is 8.21. The van der Waals surface area contributed by atoms with Crippen LogP contribution in [0.15, 0.2) is 30.4 Å². The first kappa shape index (κ1) is 13.1. The van der Waals surface area contributed by atoms with E-state index in [-0.39, 0.29) is 5.91 Å². The molecule has 1 rings (SSSR count). The molecule has 0 fully saturated rings. The highest BCUT2D eigenvalue weighted by atomic mass is 16.5. The van der Waals surface area contributed by atoms with E-state index in [0.717, 1.165) is 0 Å². The van der Waals surface area contributed by atoms with E-state index in [2.05, 4.69) is 5.32 Å². The molecule has 1 N–H and O–H groups in total. The second kappa shape index (κ2) is 6.58. The normalized spacial score (nSPS) is 10.3. The van der Waals surface area contributed by atoms with Gasteiger partial charge in [0.2, 0.25) is 5.91 Å². The van der Waals surface area contributed by atoms with Gasteiger partial charge in [0.15, 0.2) is 11.5 Å². The molecule has 1 amide bonds. The van der Waals surface area contributed by atoms with E-state index in [1.807, 2.05) is 6.92 Å². The average Bonchev–Trinajstić information content (AvgIpc) is 2.30. The Morgan fingerprint density at radius 2 is 2.18 bits per heavy atom. The van der Waals surface area contributed by atoms with E-state index in [9.17, 15) is 4.79 Å². The summed E-state index contributed by atoms with van der Waals surface area (Å²) in [5, 5.41) is 2.73. The van der Waals surface area contributed by atoms with Crippen LogP contribution in [0.4, 0.5) is 5.69 Å². The van der Waals surface area contributed by atoms with Gasteiger partial charge in [-0.1, -0.05) is 6.08 Å². The highest BCUT2D eigenvalue weighted by Gasteiger charge is 2.06. The van der Waals surface area contributed by atoms with Crippen LogP contribution in [0.3, 0.4) is 0 Å². The number of anilines is 1. The predicted octanol–water partition coefficient (Wildman–Crippen LogP) is 2.61. The Bertz CT molecular complexity index is 413. The first-order valence-corrected chi connectivity index (χ1v) is 5.45. The number of amides is 1. The van der Waals surface area contributed by atoms with Gasteiger partial charge in [-0.25, -0.2) is 0 Å². The van der Waals surface area contributed by atoms with E-state index in [0.29, 0.717) is 23.8 Å². The lowest BCUT2D eigenvalue weighted by atomic mass is 10.2. The summed E-state index contributed by atoms with van der Waals surface area (Å²) in [6.45, 7) is 4.23. The molecule has 0 radical (unpaired) electrons. The molecule has 17 heavy (non-hydrogen) atoms. The third kappa shape index (κ3) is 3.83. The molecular weight excluding hydrogens is 218 g/mol. The lowest BCUT2D eigenvalue weighted by Crippen LogP contribution is -2.08. The molecule has 0 saturated heterocycles. The summed E-state index contributed by atoms with van der Waals surface area (Å²) in [6, 6.07) is 5.27. The van der Waals surface area contributed by atoms with Gasteiger partial charge < -0.3 is 14.8 Å². The molecule has 0 aliphatic carbocycles. The monoisotopic (exact) mass is 235 g/mol. The number of carbonyl (C=O) groups excluding carboxylic acids is 1. The summed E-state index contributed by atoms with van der Waals surface area (Å²) < 4.78 is 10.6. The van der Waals surface area contributed by atoms with Crippen molar-refractivity contribution in [1.29, 1.82) is 0 Å². The van der Waals surface area contributed by atoms with Crippen LogP contribution >= 0.6 is 0 Å². The Balaban J connectivity index is 2.87. The summed E-state index contributed by atoms with van der Waals surface area (Å²) in [7, 11) is 1.58. The van der Waals surface area contributed by atoms with Crippen molar-refractivity contribution < 1.29 is 14.3 Å². The minimum atomic E-state index is -0.167. The van der Waals surface area contributed by atoms with Crippen LogP contribution in [-0.4, -0.2) is 19.6 Å². The van der Waals surface area contributed by atoms with E-state index >= 15 is 0 Å². The summed E-state index contributed by atoms with van der Waals surface area (Å²) in [4.78, 5) is 11.4. The molecule has 0 unspecified atom stereocenters. The number of hydrogen-bond acceptors (Lipinski definition) is 3. The van der Waals surface area contributed by atoms with Crippen molar-refractivity contribution in [3.8, 4) is 11.5 Å². The summed E-state index contributed by atoms with van der Waals surface area (Å²) in [5.74, 6) is 1.10. The number of rotatable bonds is 5. The Morgan fingerprint density at radius 1 is 1.41 bits per heavy atom. The van der Waals surface area contributed by atoms with Gasteiger partial charge in [0.05, 0.1) is 13.7 Å². The maximum absolute atomic E-state index is 11.4. The molecule has 0 spiro atoms. The SMILES string of the molecule is CC=CC(=O)Nc1ccc(OC)c(OCC)c1. The smallest absolute Gasteiger partial charge is 0.248 e. The van der Waals surface area contributed by atoms with Crippen LogP contribution in [-0.2, 0) is 4.79 Å². The van der Waals surface area contributed by atoms with Gasteiger partial charge in [0, 0.05) is 11.8 Å². The van der Waals surface area contributed by atoms with Gasteiger partial charge in [-0.05, 0) is 32.1 Å². The molecule has 0 aliphatic rings. The molecule has 0 heterocycles. The van der Waals surface area contributed by atoms with E-state index in [1.54, 1.807) is 38.3 Å². The van der Waals surface area contributed by atoms with E-state index in [1.165, 1.54) is 6.08 Å². The van der Waals surface area contributed by atoms with Crippen LogP contribution in [0.2, 0.25) is 0 Å². The fraction of sp³-hybridized carbons (Fsp3) is 0.308. The van der Waals surface area contributed by atoms with Crippen molar-refractivity contribution in [2.24, 2.45) is 0 Å². The summed E-state index contributed by atoms with van der Waals surface area (Å²) in [5.41, 5.74) is 0.678. The predicted molar refractivity (Wildman–Crippen MR) is 67.6 cm³/mol. The van der Waals surface area contributed by atoms with E-state index in [4.69, 9.17) is 9.47 Å². The quantitative estimate of drug-likeness (QED) is 0.798. The zero-order valence-corrected chi connectivity index (χ0v) is 10.3. The van der Waals surface area contributed by atoms with Crippen molar-refractivity contribution >= 4 is 11.6 Å². The second-order valence-electron chi connectivity index (χ2n) is 3.29. The fourth-order valence-electron chi connectivity index (χ4n) is 1.36. The third-order valence-corrected chi connectivity index (χ3v) is 2.05. The zero-order valence-electron chi connectivity index (χ0n) is 10.3. The number of benzene rings is 1. The molecule has 1 aromatic carbocycles. The molecule has 4 nitrogen and oxygen atoms in total. The van der Waals surface area contributed by atoms with Crippen LogP contribution in [0.25, 0.3) is 0 Å². The topological polar surface area (TPSA) is 47.6 Å². The van der Waals surface area contributed by atoms with Crippen molar-refractivity contribution in [2.75, 3.05) is 19.0 Å². The number of methoxy groups -OCH3 is 1.